The van der Waals surface area contributed by atoms with Crippen LogP contribution >= 0.6 is 0 Å². The third kappa shape index (κ3) is 2.57. The van der Waals surface area contributed by atoms with E-state index in [1.54, 1.807) is 0 Å². The highest BCUT2D eigenvalue weighted by molar-refractivity contribution is 5.48. The van der Waals surface area contributed by atoms with Crippen molar-refractivity contribution in [1.29, 1.82) is 0 Å². The van der Waals surface area contributed by atoms with Gasteiger partial charge in [-0.15, -0.1) is 0 Å². The van der Waals surface area contributed by atoms with Crippen LogP contribution in [0, 0.1) is 6.92 Å². The van der Waals surface area contributed by atoms with Crippen LogP contribution in [0.3, 0.4) is 0 Å². The van der Waals surface area contributed by atoms with Gasteiger partial charge in [-0.1, -0.05) is 27.4 Å². The summed E-state index contributed by atoms with van der Waals surface area (Å²) >= 11 is 0. The largest absolute Gasteiger partial charge is 0.359 e. The number of hydrogen-bond acceptors (Lipinski definition) is 0. The van der Waals surface area contributed by atoms with Gasteiger partial charge in [0.1, 0.15) is 0 Å². The molecule has 0 unspecified atom stereocenters. The fraction of sp³-hybridized carbons (Fsp3) is 0.455. The quantitative estimate of drug-likeness (QED) is 0.689. The second-order valence-corrected chi connectivity index (χ2v) is 2.45. The molecule has 0 amide bonds. The molecule has 68 valence electrons. The maximum Gasteiger partial charge on any atom is 0.0408 e. The highest BCUT2D eigenvalue weighted by Crippen LogP contribution is 2.11. The van der Waals surface area contributed by atoms with E-state index >= 15 is 0 Å². The summed E-state index contributed by atoms with van der Waals surface area (Å²) < 4.78 is 0. The highest BCUT2D eigenvalue weighted by atomic mass is 14.7. The fourth-order valence-corrected chi connectivity index (χ4v) is 1.14. The molecule has 0 saturated carbocycles. The van der Waals surface area contributed by atoms with Crippen molar-refractivity contribution in [2.75, 3.05) is 0 Å². The normalized spacial score (nSPS) is 8.67. The van der Waals surface area contributed by atoms with Gasteiger partial charge in [-0.2, -0.15) is 0 Å². The van der Waals surface area contributed by atoms with Gasteiger partial charge in [0, 0.05) is 11.4 Å². The topological polar surface area (TPSA) is 15.8 Å². The van der Waals surface area contributed by atoms with Crippen LogP contribution < -0.4 is 0 Å². The van der Waals surface area contributed by atoms with Crippen molar-refractivity contribution >= 4 is 6.08 Å². The first-order valence-electron chi connectivity index (χ1n) is 4.58. The van der Waals surface area contributed by atoms with Crippen LogP contribution in [0.5, 0.6) is 0 Å². The van der Waals surface area contributed by atoms with Crippen molar-refractivity contribution in [3.8, 4) is 0 Å². The highest BCUT2D eigenvalue weighted by Gasteiger charge is 1.98. The van der Waals surface area contributed by atoms with Gasteiger partial charge in [0.2, 0.25) is 0 Å². The van der Waals surface area contributed by atoms with Crippen LogP contribution in [0.4, 0.5) is 0 Å². The van der Waals surface area contributed by atoms with Gasteiger partial charge in [-0.3, -0.25) is 0 Å². The summed E-state index contributed by atoms with van der Waals surface area (Å²) in [4.78, 5) is 3.23. The van der Waals surface area contributed by atoms with E-state index < -0.39 is 0 Å². The van der Waals surface area contributed by atoms with E-state index in [1.807, 2.05) is 19.9 Å². The van der Waals surface area contributed by atoms with Crippen molar-refractivity contribution in [2.24, 2.45) is 0 Å². The smallest absolute Gasteiger partial charge is 0.0408 e. The molecule has 1 aromatic heterocycles. The fourth-order valence-electron chi connectivity index (χ4n) is 1.14. The zero-order valence-corrected chi connectivity index (χ0v) is 8.57. The van der Waals surface area contributed by atoms with Crippen LogP contribution in [-0.4, -0.2) is 4.98 Å². The van der Waals surface area contributed by atoms with E-state index in [2.05, 4.69) is 31.5 Å². The summed E-state index contributed by atoms with van der Waals surface area (Å²) in [7, 11) is 0. The zero-order valence-electron chi connectivity index (χ0n) is 8.57. The van der Waals surface area contributed by atoms with Crippen molar-refractivity contribution in [1.82, 2.24) is 4.98 Å². The molecule has 1 nitrogen and oxygen atoms in total. The third-order valence-electron chi connectivity index (χ3n) is 1.65. The molecule has 0 fully saturated rings. The lowest BCUT2D eigenvalue weighted by Crippen LogP contribution is -1.78. The Balaban J connectivity index is 0.000000561. The molecule has 0 radical (unpaired) electrons. The van der Waals surface area contributed by atoms with Crippen LogP contribution in [0.2, 0.25) is 0 Å². The number of aromatic nitrogens is 1. The van der Waals surface area contributed by atoms with Crippen molar-refractivity contribution in [3.63, 3.8) is 0 Å². The third-order valence-corrected chi connectivity index (χ3v) is 1.65. The Morgan fingerprint density at radius 1 is 1.50 bits per heavy atom. The van der Waals surface area contributed by atoms with Crippen molar-refractivity contribution < 1.29 is 0 Å². The van der Waals surface area contributed by atoms with Crippen LogP contribution in [0.15, 0.2) is 12.6 Å². The molecule has 1 heterocycles. The zero-order chi connectivity index (χ0) is 9.56. The molecular formula is C11H19N. The average Bonchev–Trinajstić information content (AvgIpc) is 2.49. The van der Waals surface area contributed by atoms with E-state index in [0.29, 0.717) is 0 Å². The van der Waals surface area contributed by atoms with E-state index in [0.717, 1.165) is 6.42 Å². The molecule has 0 spiro atoms. The Hall–Kier alpha value is -0.980. The maximum absolute atomic E-state index is 3.72. The van der Waals surface area contributed by atoms with Crippen molar-refractivity contribution in [3.05, 3.63) is 29.6 Å². The second kappa shape index (κ2) is 5.64. The molecule has 1 aromatic rings. The predicted molar refractivity (Wildman–Crippen MR) is 56.3 cm³/mol. The number of H-pyrrole nitrogens is 1. The molecule has 0 atom stereocenters. The summed E-state index contributed by atoms with van der Waals surface area (Å²) in [5.74, 6) is 0. The molecule has 1 N–H and O–H groups in total. The molecule has 0 aromatic carbocycles. The lowest BCUT2D eigenvalue weighted by molar-refractivity contribution is 1.13. The lowest BCUT2D eigenvalue weighted by atomic mass is 10.2. The van der Waals surface area contributed by atoms with Gasteiger partial charge in [0.15, 0.2) is 0 Å². The minimum Gasteiger partial charge on any atom is -0.359 e. The van der Waals surface area contributed by atoms with Gasteiger partial charge in [-0.25, -0.2) is 0 Å². The van der Waals surface area contributed by atoms with E-state index in [-0.39, 0.29) is 0 Å². The van der Waals surface area contributed by atoms with Gasteiger partial charge >= 0.3 is 0 Å². The molecule has 0 aliphatic heterocycles. The molecule has 0 bridgehead atoms. The second-order valence-electron chi connectivity index (χ2n) is 2.45. The number of rotatable bonds is 2. The number of aryl methyl sites for hydroxylation is 2. The maximum atomic E-state index is 3.72. The number of nitrogens with one attached hydrogen (secondary N) is 1. The molecule has 1 rings (SSSR count). The minimum atomic E-state index is 1.08. The van der Waals surface area contributed by atoms with Crippen LogP contribution in [0.25, 0.3) is 6.08 Å². The minimum absolute atomic E-state index is 1.08. The molecule has 12 heavy (non-hydrogen) atoms. The Morgan fingerprint density at radius 2 is 2.08 bits per heavy atom. The van der Waals surface area contributed by atoms with Gasteiger partial charge in [-0.05, 0) is 31.1 Å². The van der Waals surface area contributed by atoms with E-state index in [4.69, 9.17) is 0 Å². The summed E-state index contributed by atoms with van der Waals surface area (Å²) in [5.41, 5.74) is 3.74. The summed E-state index contributed by atoms with van der Waals surface area (Å²) in [5, 5.41) is 0. The van der Waals surface area contributed by atoms with Crippen LogP contribution in [0.1, 0.15) is 37.7 Å². The molecule has 0 aliphatic rings. The van der Waals surface area contributed by atoms with Gasteiger partial charge in [0.05, 0.1) is 0 Å². The van der Waals surface area contributed by atoms with E-state index in [1.165, 1.54) is 17.0 Å². The monoisotopic (exact) mass is 165 g/mol. The molecular weight excluding hydrogens is 146 g/mol. The SMILES string of the molecule is C=Cc1[nH]c(C)cc1CC.CC. The Labute approximate surface area is 75.5 Å². The molecule has 0 aliphatic carbocycles. The first-order chi connectivity index (χ1) is 5.77. The standard InChI is InChI=1S/C9H13N.C2H6/c1-4-8-6-7(3)10-9(8)5-2;1-2/h5-6,10H,2,4H2,1,3H3;1-2H3. The Morgan fingerprint density at radius 3 is 2.42 bits per heavy atom. The van der Waals surface area contributed by atoms with Gasteiger partial charge < -0.3 is 4.98 Å². The number of aromatic amines is 1. The predicted octanol–water partition coefficient (Wildman–Crippen LogP) is 3.55. The Bertz CT molecular complexity index is 233. The summed E-state index contributed by atoms with van der Waals surface area (Å²) in [6, 6.07) is 2.16. The molecule has 1 heteroatoms. The molecule has 0 saturated heterocycles. The average molecular weight is 165 g/mol. The van der Waals surface area contributed by atoms with E-state index in [9.17, 15) is 0 Å². The first kappa shape index (κ1) is 11.0. The lowest BCUT2D eigenvalue weighted by Gasteiger charge is -1.90. The van der Waals surface area contributed by atoms with Gasteiger partial charge in [0.25, 0.3) is 0 Å². The van der Waals surface area contributed by atoms with Crippen molar-refractivity contribution in [2.45, 2.75) is 34.1 Å². The summed E-state index contributed by atoms with van der Waals surface area (Å²) in [6.45, 7) is 11.9. The first-order valence-corrected chi connectivity index (χ1v) is 4.58. The Kier molecular flexibility index (Phi) is 5.18. The number of hydrogen-bond donors (Lipinski definition) is 1. The van der Waals surface area contributed by atoms with Crippen LogP contribution in [-0.2, 0) is 6.42 Å². The summed E-state index contributed by atoms with van der Waals surface area (Å²) in [6.07, 6.45) is 2.94.